The Bertz CT molecular complexity index is 518. The third kappa shape index (κ3) is 1.37. The van der Waals surface area contributed by atoms with E-state index in [0.29, 0.717) is 10.9 Å². The van der Waals surface area contributed by atoms with Gasteiger partial charge in [0.15, 0.2) is 0 Å². The lowest BCUT2D eigenvalue weighted by Gasteiger charge is -1.98. The predicted molar refractivity (Wildman–Crippen MR) is 52.7 cm³/mol. The van der Waals surface area contributed by atoms with Gasteiger partial charge >= 0.3 is 5.63 Å². The number of para-hydroxylation sites is 1. The molecule has 0 aliphatic heterocycles. The monoisotopic (exact) mass is 239 g/mol. The summed E-state index contributed by atoms with van der Waals surface area (Å²) in [6.45, 7) is 1.90. The molecule has 13 heavy (non-hydrogen) atoms. The summed E-state index contributed by atoms with van der Waals surface area (Å²) >= 11 is 3.04. The zero-order valence-corrected chi connectivity index (χ0v) is 8.46. The lowest BCUT2D eigenvalue weighted by molar-refractivity contribution is 0.472. The number of hydrogen-bond donors (Lipinski definition) is 0. The quantitative estimate of drug-likeness (QED) is 0.709. The molecule has 0 N–H and O–H groups in total. The third-order valence-corrected chi connectivity index (χ3v) is 2.17. The average molecular weight is 240 g/mol. The molecule has 1 aromatic carbocycles. The number of rotatable bonds is 0. The standard InChI is InChI=1S/C9H6BrNO2/c1-5-3-2-4-6-7(5)11-9(10)13-8(6)12/h2-4H,1H3. The molecule has 0 saturated heterocycles. The van der Waals surface area contributed by atoms with Crippen LogP contribution in [0.3, 0.4) is 0 Å². The smallest absolute Gasteiger partial charge is 0.347 e. The number of aromatic nitrogens is 1. The minimum atomic E-state index is -0.361. The lowest BCUT2D eigenvalue weighted by atomic mass is 10.2. The van der Waals surface area contributed by atoms with Gasteiger partial charge in [0.25, 0.3) is 4.80 Å². The molecule has 0 atom stereocenters. The first kappa shape index (κ1) is 8.44. The Morgan fingerprint density at radius 2 is 2.23 bits per heavy atom. The van der Waals surface area contributed by atoms with E-state index in [2.05, 4.69) is 20.9 Å². The van der Waals surface area contributed by atoms with Crippen LogP contribution >= 0.6 is 15.9 Å². The van der Waals surface area contributed by atoms with E-state index in [1.54, 1.807) is 6.07 Å². The van der Waals surface area contributed by atoms with Crippen molar-refractivity contribution in [3.05, 3.63) is 39.0 Å². The molecule has 2 aromatic rings. The van der Waals surface area contributed by atoms with Crippen molar-refractivity contribution in [2.24, 2.45) is 0 Å². The first-order valence-electron chi connectivity index (χ1n) is 3.74. The van der Waals surface area contributed by atoms with Crippen molar-refractivity contribution >= 4 is 26.8 Å². The fourth-order valence-corrected chi connectivity index (χ4v) is 1.54. The maximum absolute atomic E-state index is 11.3. The minimum absolute atomic E-state index is 0.222. The number of aryl methyl sites for hydroxylation is 1. The maximum atomic E-state index is 11.3. The highest BCUT2D eigenvalue weighted by atomic mass is 79.9. The second-order valence-electron chi connectivity index (χ2n) is 2.73. The Morgan fingerprint density at radius 1 is 1.46 bits per heavy atom. The van der Waals surface area contributed by atoms with Crippen molar-refractivity contribution in [3.8, 4) is 0 Å². The molecular formula is C9H6BrNO2. The van der Waals surface area contributed by atoms with E-state index in [1.165, 1.54) is 0 Å². The summed E-state index contributed by atoms with van der Waals surface area (Å²) < 4.78 is 4.80. The number of hydrogen-bond acceptors (Lipinski definition) is 3. The van der Waals surface area contributed by atoms with Crippen LogP contribution in [-0.2, 0) is 0 Å². The van der Waals surface area contributed by atoms with Crippen LogP contribution in [0, 0.1) is 6.92 Å². The molecule has 3 nitrogen and oxygen atoms in total. The highest BCUT2D eigenvalue weighted by Gasteiger charge is 2.04. The summed E-state index contributed by atoms with van der Waals surface area (Å²) in [6, 6.07) is 5.42. The first-order chi connectivity index (χ1) is 6.18. The fraction of sp³-hybridized carbons (Fsp3) is 0.111. The molecule has 0 amide bonds. The largest absolute Gasteiger partial charge is 0.397 e. The van der Waals surface area contributed by atoms with Crippen LogP contribution in [0.1, 0.15) is 5.56 Å². The highest BCUT2D eigenvalue weighted by Crippen LogP contribution is 2.14. The van der Waals surface area contributed by atoms with Crippen molar-refractivity contribution in [1.29, 1.82) is 0 Å². The normalized spacial score (nSPS) is 10.6. The molecule has 0 unspecified atom stereocenters. The van der Waals surface area contributed by atoms with Gasteiger partial charge in [-0.1, -0.05) is 12.1 Å². The Labute approximate surface area is 82.5 Å². The summed E-state index contributed by atoms with van der Waals surface area (Å²) in [5.41, 5.74) is 1.29. The Balaban J connectivity index is 3.03. The van der Waals surface area contributed by atoms with Gasteiger partial charge in [0.05, 0.1) is 10.9 Å². The van der Waals surface area contributed by atoms with Gasteiger partial charge in [-0.05, 0) is 18.6 Å². The number of halogens is 1. The zero-order valence-electron chi connectivity index (χ0n) is 6.87. The van der Waals surface area contributed by atoms with Gasteiger partial charge in [0, 0.05) is 15.9 Å². The molecular weight excluding hydrogens is 234 g/mol. The number of nitrogens with zero attached hydrogens (tertiary/aromatic N) is 1. The minimum Gasteiger partial charge on any atom is -0.397 e. The van der Waals surface area contributed by atoms with Crippen molar-refractivity contribution in [1.82, 2.24) is 4.98 Å². The van der Waals surface area contributed by atoms with Crippen LogP contribution < -0.4 is 5.63 Å². The van der Waals surface area contributed by atoms with Gasteiger partial charge in [-0.25, -0.2) is 9.78 Å². The Morgan fingerprint density at radius 3 is 3.00 bits per heavy atom. The van der Waals surface area contributed by atoms with Gasteiger partial charge in [0.1, 0.15) is 0 Å². The van der Waals surface area contributed by atoms with E-state index < -0.39 is 0 Å². The molecule has 0 aliphatic carbocycles. The second-order valence-corrected chi connectivity index (χ2v) is 3.40. The first-order valence-corrected chi connectivity index (χ1v) is 4.54. The van der Waals surface area contributed by atoms with E-state index >= 15 is 0 Å². The van der Waals surface area contributed by atoms with Gasteiger partial charge in [-0.15, -0.1) is 0 Å². The predicted octanol–water partition coefficient (Wildman–Crippen LogP) is 2.26. The van der Waals surface area contributed by atoms with E-state index in [4.69, 9.17) is 4.42 Å². The Hall–Kier alpha value is -1.16. The van der Waals surface area contributed by atoms with E-state index in [1.807, 2.05) is 19.1 Å². The van der Waals surface area contributed by atoms with Crippen molar-refractivity contribution in [2.45, 2.75) is 6.92 Å². The molecule has 4 heteroatoms. The van der Waals surface area contributed by atoms with Gasteiger partial charge in [-0.3, -0.25) is 0 Å². The van der Waals surface area contributed by atoms with Crippen molar-refractivity contribution in [3.63, 3.8) is 0 Å². The molecule has 0 bridgehead atoms. The van der Waals surface area contributed by atoms with Gasteiger partial charge in [0.2, 0.25) is 0 Å². The van der Waals surface area contributed by atoms with Crippen LogP contribution in [0.15, 0.2) is 32.2 Å². The van der Waals surface area contributed by atoms with Crippen LogP contribution in [0.25, 0.3) is 10.9 Å². The number of fused-ring (bicyclic) bond motifs is 1. The van der Waals surface area contributed by atoms with Gasteiger partial charge in [-0.2, -0.15) is 0 Å². The van der Waals surface area contributed by atoms with Crippen LogP contribution in [0.5, 0.6) is 0 Å². The zero-order chi connectivity index (χ0) is 9.42. The van der Waals surface area contributed by atoms with Crippen molar-refractivity contribution in [2.75, 3.05) is 0 Å². The molecule has 2 rings (SSSR count). The summed E-state index contributed by atoms with van der Waals surface area (Å²) in [4.78, 5) is 15.6. The van der Waals surface area contributed by atoms with Crippen molar-refractivity contribution < 1.29 is 4.42 Å². The Kier molecular flexibility index (Phi) is 1.92. The summed E-state index contributed by atoms with van der Waals surface area (Å²) in [6.07, 6.45) is 0. The van der Waals surface area contributed by atoms with E-state index in [0.717, 1.165) is 5.56 Å². The fourth-order valence-electron chi connectivity index (χ4n) is 1.21. The van der Waals surface area contributed by atoms with Crippen LogP contribution in [-0.4, -0.2) is 4.98 Å². The third-order valence-electron chi connectivity index (χ3n) is 1.83. The average Bonchev–Trinajstić information content (AvgIpc) is 2.07. The molecule has 1 heterocycles. The summed E-state index contributed by atoms with van der Waals surface area (Å²) in [7, 11) is 0. The second kappa shape index (κ2) is 2.96. The van der Waals surface area contributed by atoms with E-state index in [-0.39, 0.29) is 10.4 Å². The molecule has 0 spiro atoms. The topological polar surface area (TPSA) is 43.1 Å². The van der Waals surface area contributed by atoms with Crippen LogP contribution in [0.2, 0.25) is 0 Å². The van der Waals surface area contributed by atoms with Gasteiger partial charge < -0.3 is 4.42 Å². The molecule has 0 radical (unpaired) electrons. The summed E-state index contributed by atoms with van der Waals surface area (Å²) in [5.74, 6) is 0. The summed E-state index contributed by atoms with van der Waals surface area (Å²) in [5, 5.41) is 0.517. The molecule has 66 valence electrons. The van der Waals surface area contributed by atoms with Crippen LogP contribution in [0.4, 0.5) is 0 Å². The molecule has 0 fully saturated rings. The number of benzene rings is 1. The SMILES string of the molecule is Cc1cccc2c(=O)oc(Br)nc12. The maximum Gasteiger partial charge on any atom is 0.347 e. The molecule has 1 aromatic heterocycles. The lowest BCUT2D eigenvalue weighted by Crippen LogP contribution is -2.01. The van der Waals surface area contributed by atoms with E-state index in [9.17, 15) is 4.79 Å². The molecule has 0 saturated carbocycles. The highest BCUT2D eigenvalue weighted by molar-refractivity contribution is 9.10. The molecule has 0 aliphatic rings.